The zero-order valence-electron chi connectivity index (χ0n) is 64.6. The van der Waals surface area contributed by atoms with Crippen molar-refractivity contribution in [1.29, 1.82) is 0 Å². The first-order valence-corrected chi connectivity index (χ1v) is 39.7. The highest BCUT2D eigenvalue weighted by atomic mass is 19.1. The molecule has 22 nitrogen and oxygen atoms in total. The van der Waals surface area contributed by atoms with Crippen molar-refractivity contribution in [2.75, 3.05) is 47.5 Å². The van der Waals surface area contributed by atoms with Crippen LogP contribution >= 0.6 is 0 Å². The number of aromatic nitrogens is 4. The summed E-state index contributed by atoms with van der Waals surface area (Å²) in [4.78, 5) is 102. The first-order chi connectivity index (χ1) is 53.1. The summed E-state index contributed by atoms with van der Waals surface area (Å²) < 4.78 is 46.1. The number of halogens is 2. The zero-order chi connectivity index (χ0) is 77.3. The summed E-state index contributed by atoms with van der Waals surface area (Å²) in [5, 5.41) is 21.2. The topological polar surface area (TPSA) is 287 Å². The standard InChI is InChI=1S/C46H56FN7O6.C32H34FN5.C8H14O4/c1-24(2)40(51-45(57)59-5)43(55)53-17-7-9-36(53)34-21-29(22-48-34)30-15-16-32(39-28-12-11-27(19-28)38(30)39)31-14-13-26(20-33(31)47)35-23-49-42(50-35)37-10-8-18-54(37)44(56)41(25(3)4)52-46(58)60-6;33-25-14-18(29-17-37-32(38-29)27-4-2-12-35-27)7-8-23(25)24-10-9-22(30-19-5-6-20(13-19)31(24)30)21-15-28(36-16-21)26-3-1-11-34-26;1-5(2)6(8(10)11)4-7(9)12-3/h13-16,20,22-25,27-28,36-37,40-41H,7-12,17-19,21H2,1-6H3,(H,49,50)(H,51,57)(H,52,58);7-10,14,16-17,19-20,26-27,34-35H,1-6,11-13,15H2,(H,37,38);5-6H,4H2,1-3H3,(H,10,11)/t27?,28?,36-,37-,40-,41-;19?,20?,26-,27?;6-/m000/s1. The number of fused-ring (bicyclic) bond motifs is 10. The molecule has 0 radical (unpaired) electrons. The van der Waals surface area contributed by atoms with E-state index in [0.717, 1.165) is 117 Å². The van der Waals surface area contributed by atoms with Crippen LogP contribution in [0.25, 0.3) is 55.9 Å². The number of hydrogen-bond donors (Lipinski definition) is 7. The Hall–Kier alpha value is -9.68. The molecule has 16 rings (SSSR count). The molecule has 4 aromatic carbocycles. The Labute approximate surface area is 642 Å². The third-order valence-electron chi connectivity index (χ3n) is 24.8. The maximum atomic E-state index is 16.4. The maximum Gasteiger partial charge on any atom is 0.407 e. The predicted molar refractivity (Wildman–Crippen MR) is 418 cm³/mol. The van der Waals surface area contributed by atoms with Gasteiger partial charge < -0.3 is 60.4 Å². The summed E-state index contributed by atoms with van der Waals surface area (Å²) in [6.45, 7) is 14.4. The molecule has 0 spiro atoms. The molecule has 11 atom stereocenters. The van der Waals surface area contributed by atoms with Crippen molar-refractivity contribution in [1.82, 2.24) is 51.0 Å². The average molecular weight is 1500 g/mol. The van der Waals surface area contributed by atoms with Gasteiger partial charge in [-0.3, -0.25) is 29.2 Å². The second-order valence-electron chi connectivity index (χ2n) is 32.4. The van der Waals surface area contributed by atoms with Crippen LogP contribution in [0.1, 0.15) is 231 Å². The number of nitrogens with one attached hydrogen (secondary N) is 6. The number of aliphatic carboxylic acids is 1. The van der Waals surface area contributed by atoms with Crippen molar-refractivity contribution in [3.8, 4) is 44.8 Å². The van der Waals surface area contributed by atoms with Gasteiger partial charge in [-0.05, 0) is 212 Å². The fraction of sp³-hybridized carbons (Fsp3) is 0.512. The van der Waals surface area contributed by atoms with Crippen LogP contribution < -0.4 is 21.3 Å². The van der Waals surface area contributed by atoms with E-state index in [1.54, 1.807) is 37.1 Å². The Morgan fingerprint density at radius 3 is 1.41 bits per heavy atom. The Balaban J connectivity index is 0.000000170. The van der Waals surface area contributed by atoms with Crippen LogP contribution in [-0.2, 0) is 33.4 Å². The Morgan fingerprint density at radius 1 is 0.518 bits per heavy atom. The van der Waals surface area contributed by atoms with Gasteiger partial charge in [0.25, 0.3) is 0 Å². The molecule has 582 valence electrons. The lowest BCUT2D eigenvalue weighted by Gasteiger charge is -2.31. The predicted octanol–water partition coefficient (Wildman–Crippen LogP) is 15.4. The second-order valence-corrected chi connectivity index (χ2v) is 32.4. The lowest BCUT2D eigenvalue weighted by molar-refractivity contribution is -0.151. The van der Waals surface area contributed by atoms with Gasteiger partial charge in [0.2, 0.25) is 11.8 Å². The van der Waals surface area contributed by atoms with Gasteiger partial charge in [0.05, 0.1) is 75.6 Å². The molecule has 4 saturated heterocycles. The van der Waals surface area contributed by atoms with Gasteiger partial charge in [0, 0.05) is 78.1 Å². The van der Waals surface area contributed by atoms with E-state index in [0.29, 0.717) is 77.4 Å². The number of methoxy groups -OCH3 is 3. The first kappa shape index (κ1) is 77.1. The maximum absolute atomic E-state index is 16.4. The molecule has 2 aromatic heterocycles. The third-order valence-corrected chi connectivity index (χ3v) is 24.8. The molecule has 110 heavy (non-hydrogen) atoms. The number of nitrogens with zero attached hydrogens (tertiary/aromatic N) is 6. The average Bonchev–Trinajstić information content (AvgIpc) is 1.48. The molecule has 4 aliphatic carbocycles. The molecule has 5 unspecified atom stereocenters. The third kappa shape index (κ3) is 15.6. The van der Waals surface area contributed by atoms with Crippen molar-refractivity contribution in [3.05, 3.63) is 142 Å². The van der Waals surface area contributed by atoms with Gasteiger partial charge in [-0.25, -0.2) is 28.3 Å². The number of likely N-dealkylation sites (tertiary alicyclic amines) is 2. The van der Waals surface area contributed by atoms with E-state index >= 15 is 8.78 Å². The molecule has 6 aliphatic heterocycles. The monoisotopic (exact) mass is 1500 g/mol. The number of H-pyrrole nitrogens is 2. The molecule has 6 aromatic rings. The highest BCUT2D eigenvalue weighted by molar-refractivity contribution is 6.05. The van der Waals surface area contributed by atoms with Crippen molar-refractivity contribution >= 4 is 58.5 Å². The fourth-order valence-corrected chi connectivity index (χ4v) is 19.0. The number of alkyl carbamates (subject to hydrolysis) is 2. The summed E-state index contributed by atoms with van der Waals surface area (Å²) in [5.74, 6) is 0.333. The van der Waals surface area contributed by atoms with Crippen LogP contribution in [0.4, 0.5) is 18.4 Å². The fourth-order valence-electron chi connectivity index (χ4n) is 19.0. The minimum atomic E-state index is -0.949. The van der Waals surface area contributed by atoms with E-state index in [4.69, 9.17) is 24.6 Å². The highest BCUT2D eigenvalue weighted by Gasteiger charge is 2.46. The van der Waals surface area contributed by atoms with Crippen molar-refractivity contribution in [2.24, 2.45) is 33.7 Å². The highest BCUT2D eigenvalue weighted by Crippen LogP contribution is 2.60. The number of aromatic amines is 2. The lowest BCUT2D eigenvalue weighted by Crippen LogP contribution is -2.53. The smallest absolute Gasteiger partial charge is 0.407 e. The normalized spacial score (nSPS) is 23.4. The molecule has 4 bridgehead atoms. The molecule has 7 N–H and O–H groups in total. The lowest BCUT2D eigenvalue weighted by atomic mass is 9.80. The van der Waals surface area contributed by atoms with Gasteiger partial charge in [-0.15, -0.1) is 0 Å². The van der Waals surface area contributed by atoms with Crippen LogP contribution in [0.3, 0.4) is 0 Å². The number of esters is 1. The molecule has 10 aliphatic rings. The van der Waals surface area contributed by atoms with Crippen LogP contribution in [0, 0.1) is 35.3 Å². The molecular weight excluding hydrogens is 1400 g/mol. The largest absolute Gasteiger partial charge is 0.481 e. The van der Waals surface area contributed by atoms with E-state index in [1.807, 2.05) is 69.3 Å². The number of carbonyl (C=O) groups excluding carboxylic acids is 5. The van der Waals surface area contributed by atoms with Crippen LogP contribution in [0.15, 0.2) is 95.4 Å². The van der Waals surface area contributed by atoms with Crippen molar-refractivity contribution in [3.63, 3.8) is 0 Å². The van der Waals surface area contributed by atoms with Gasteiger partial charge in [0.1, 0.15) is 35.4 Å². The molecule has 4 amide bonds. The van der Waals surface area contributed by atoms with E-state index in [9.17, 15) is 28.8 Å². The van der Waals surface area contributed by atoms with Crippen molar-refractivity contribution in [2.45, 2.75) is 211 Å². The second kappa shape index (κ2) is 33.1. The minimum absolute atomic E-state index is 0.0521. The SMILES string of the molecule is COC(=O)C[C@H](C(=O)O)C(C)C.COC(=O)N[C@H](C(=O)N1CCC[C@H]1C1=NC=C(c2ccc(-c3ccc(-c4cnc([C@@H]5CCCN5C(=O)[C@@H](NC(=O)OC)C(C)C)[nH]4)cc3F)c3c2C2CCC3C2)C1)C(C)C.Fc1cc(-c2cnc(C3CCCN3)[nH]2)ccc1-c1ccc(C2=CN=C([C@@H]3CCCN3)C2)c2c1C1CCC2C1. The summed E-state index contributed by atoms with van der Waals surface area (Å²) in [6.07, 6.45) is 22.6. The molecule has 2 saturated carbocycles. The Bertz CT molecular complexity index is 4640. The van der Waals surface area contributed by atoms with Crippen LogP contribution in [0.5, 0.6) is 0 Å². The summed E-state index contributed by atoms with van der Waals surface area (Å²) in [7, 11) is 3.82. The van der Waals surface area contributed by atoms with E-state index in [1.165, 1.54) is 98.1 Å². The number of hydrogen-bond acceptors (Lipinski definition) is 15. The molecule has 24 heteroatoms. The van der Waals surface area contributed by atoms with E-state index in [2.05, 4.69) is 76.4 Å². The molecule has 8 heterocycles. The Morgan fingerprint density at radius 2 is 0.955 bits per heavy atom. The number of carboxylic acid groups (broad SMARTS) is 1. The number of carboxylic acids is 1. The van der Waals surface area contributed by atoms with E-state index < -0.39 is 42.1 Å². The van der Waals surface area contributed by atoms with Gasteiger partial charge in [0.15, 0.2) is 0 Å². The molecular formula is C86H104F2N12O10. The zero-order valence-corrected chi connectivity index (χ0v) is 64.6. The number of benzene rings is 4. The van der Waals surface area contributed by atoms with Crippen molar-refractivity contribution < 1.29 is 56.9 Å². The summed E-state index contributed by atoms with van der Waals surface area (Å²) in [5.41, 5.74) is 19.0. The number of carbonyl (C=O) groups is 6. The van der Waals surface area contributed by atoms with Gasteiger partial charge >= 0.3 is 24.1 Å². The number of imidazole rings is 2. The van der Waals surface area contributed by atoms with Crippen LogP contribution in [-0.4, -0.2) is 154 Å². The minimum Gasteiger partial charge on any atom is -0.481 e. The van der Waals surface area contributed by atoms with E-state index in [-0.39, 0.29) is 65.7 Å². The Kier molecular flexibility index (Phi) is 23.2. The van der Waals surface area contributed by atoms with Crippen LogP contribution in [0.2, 0.25) is 0 Å². The van der Waals surface area contributed by atoms with Gasteiger partial charge in [-0.2, -0.15) is 0 Å². The quantitative estimate of drug-likeness (QED) is 0.0276. The number of rotatable bonds is 20. The number of ether oxygens (including phenoxy) is 3. The first-order valence-electron chi connectivity index (χ1n) is 39.7. The number of allylic oxidation sites excluding steroid dienone is 2. The number of aliphatic imine (C=N–C) groups is 2. The summed E-state index contributed by atoms with van der Waals surface area (Å²) in [6, 6.07) is 18.5. The number of amides is 4. The summed E-state index contributed by atoms with van der Waals surface area (Å²) >= 11 is 0. The van der Waals surface area contributed by atoms with Gasteiger partial charge in [-0.1, -0.05) is 90.1 Å². The molecule has 6 fully saturated rings.